The zero-order valence-corrected chi connectivity index (χ0v) is 21.1. The first-order valence-corrected chi connectivity index (χ1v) is 12.8. The van der Waals surface area contributed by atoms with Crippen LogP contribution in [-0.2, 0) is 33.1 Å². The number of nitrogens with one attached hydrogen (secondary N) is 1. The molecule has 0 radical (unpaired) electrons. The average Bonchev–Trinajstić information content (AvgIpc) is 3.22. The highest BCUT2D eigenvalue weighted by Crippen LogP contribution is 2.32. The number of carbonyl (C=O) groups is 1. The average molecular weight is 513 g/mol. The van der Waals surface area contributed by atoms with Gasteiger partial charge in [-0.1, -0.05) is 53.2 Å². The molecule has 0 saturated heterocycles. The first-order chi connectivity index (χ1) is 16.7. The lowest BCUT2D eigenvalue weighted by Gasteiger charge is -2.19. The van der Waals surface area contributed by atoms with Crippen molar-refractivity contribution in [3.63, 3.8) is 0 Å². The van der Waals surface area contributed by atoms with Gasteiger partial charge in [0, 0.05) is 24.5 Å². The summed E-state index contributed by atoms with van der Waals surface area (Å²) in [5.41, 5.74) is 4.48. The third-order valence-corrected chi connectivity index (χ3v) is 7.87. The molecule has 0 saturated carbocycles. The molecule has 182 valence electrons. The summed E-state index contributed by atoms with van der Waals surface area (Å²) in [7, 11) is -0.580. The summed E-state index contributed by atoms with van der Waals surface area (Å²) >= 11 is 6.42. The highest BCUT2D eigenvalue weighted by atomic mass is 35.5. The highest BCUT2D eigenvalue weighted by molar-refractivity contribution is 7.89. The van der Waals surface area contributed by atoms with E-state index in [1.807, 2.05) is 37.4 Å². The zero-order chi connectivity index (χ0) is 25.2. The molecule has 1 atom stereocenters. The van der Waals surface area contributed by atoms with Gasteiger partial charge in [0.2, 0.25) is 10.0 Å². The van der Waals surface area contributed by atoms with Crippen molar-refractivity contribution in [2.75, 3.05) is 7.11 Å². The number of nitrogens with zero attached hydrogens (tertiary/aromatic N) is 3. The molecule has 0 spiro atoms. The van der Waals surface area contributed by atoms with Gasteiger partial charge in [-0.05, 0) is 53.4 Å². The fourth-order valence-corrected chi connectivity index (χ4v) is 5.44. The van der Waals surface area contributed by atoms with Gasteiger partial charge in [0.15, 0.2) is 0 Å². The van der Waals surface area contributed by atoms with Crippen LogP contribution in [0.15, 0.2) is 65.6 Å². The van der Waals surface area contributed by atoms with Crippen LogP contribution in [0.3, 0.4) is 0 Å². The molecule has 1 aromatic heterocycles. The van der Waals surface area contributed by atoms with Crippen molar-refractivity contribution in [2.45, 2.75) is 30.7 Å². The van der Waals surface area contributed by atoms with Gasteiger partial charge in [0.1, 0.15) is 5.52 Å². The predicted molar refractivity (Wildman–Crippen MR) is 134 cm³/mol. The molecule has 0 aliphatic rings. The Morgan fingerprint density at radius 1 is 1.11 bits per heavy atom. The molecule has 0 bridgehead atoms. The van der Waals surface area contributed by atoms with E-state index in [1.165, 1.54) is 7.11 Å². The Morgan fingerprint density at radius 2 is 1.83 bits per heavy atom. The van der Waals surface area contributed by atoms with E-state index >= 15 is 0 Å². The first-order valence-electron chi connectivity index (χ1n) is 10.9. The molecule has 10 heteroatoms. The topological polar surface area (TPSA) is 103 Å². The number of fused-ring (bicyclic) bond motifs is 1. The fourth-order valence-electron chi connectivity index (χ4n) is 4.01. The highest BCUT2D eigenvalue weighted by Gasteiger charge is 2.22. The third kappa shape index (κ3) is 5.37. The van der Waals surface area contributed by atoms with Gasteiger partial charge in [0.25, 0.3) is 0 Å². The van der Waals surface area contributed by atoms with Gasteiger partial charge in [-0.2, -0.15) is 0 Å². The maximum absolute atomic E-state index is 12.9. The molecule has 4 aromatic rings. The lowest BCUT2D eigenvalue weighted by Crippen LogP contribution is -2.24. The van der Waals surface area contributed by atoms with Crippen molar-refractivity contribution >= 4 is 38.6 Å². The van der Waals surface area contributed by atoms with Gasteiger partial charge in [-0.25, -0.2) is 17.8 Å². The lowest BCUT2D eigenvalue weighted by molar-refractivity contribution is -0.140. The van der Waals surface area contributed by atoms with E-state index in [0.717, 1.165) is 16.6 Å². The molecule has 1 heterocycles. The molecule has 0 amide bonds. The number of ether oxygens (including phenoxy) is 1. The summed E-state index contributed by atoms with van der Waals surface area (Å²) in [5, 5.41) is 8.64. The minimum absolute atomic E-state index is 0.00250. The van der Waals surface area contributed by atoms with Crippen LogP contribution in [0.4, 0.5) is 0 Å². The van der Waals surface area contributed by atoms with E-state index in [0.29, 0.717) is 21.7 Å². The van der Waals surface area contributed by atoms with E-state index in [4.69, 9.17) is 16.3 Å². The second-order valence-electron chi connectivity index (χ2n) is 8.23. The van der Waals surface area contributed by atoms with Crippen molar-refractivity contribution < 1.29 is 17.9 Å². The Hall–Kier alpha value is -3.27. The minimum atomic E-state index is -3.74. The third-order valence-electron chi connectivity index (χ3n) is 5.94. The number of hydrogen-bond acceptors (Lipinski definition) is 6. The monoisotopic (exact) mass is 512 g/mol. The molecular formula is C25H25ClN4O4S. The Morgan fingerprint density at radius 3 is 2.57 bits per heavy atom. The number of rotatable bonds is 8. The van der Waals surface area contributed by atoms with Crippen LogP contribution in [0, 0.1) is 6.92 Å². The predicted octanol–water partition coefficient (Wildman–Crippen LogP) is 4.10. The summed E-state index contributed by atoms with van der Waals surface area (Å²) in [6, 6.07) is 17.8. The maximum atomic E-state index is 12.9. The smallest absolute Gasteiger partial charge is 0.306 e. The van der Waals surface area contributed by atoms with Crippen LogP contribution < -0.4 is 4.72 Å². The number of esters is 1. The van der Waals surface area contributed by atoms with Gasteiger partial charge in [0.05, 0.1) is 23.9 Å². The number of methoxy groups -OCH3 is 1. The van der Waals surface area contributed by atoms with E-state index in [2.05, 4.69) is 15.0 Å². The van der Waals surface area contributed by atoms with Crippen LogP contribution in [0.1, 0.15) is 34.6 Å². The van der Waals surface area contributed by atoms with Crippen molar-refractivity contribution in [3.8, 4) is 0 Å². The summed E-state index contributed by atoms with van der Waals surface area (Å²) in [6.45, 7) is 1.74. The number of aryl methyl sites for hydroxylation is 2. The van der Waals surface area contributed by atoms with Crippen molar-refractivity contribution in [3.05, 3.63) is 87.9 Å². The standard InChI is InChI=1S/C25H25ClN4O4S/c1-16-6-4-5-7-24(16)35(32,33)27-15-19-12-17(8-10-21(19)26)20(14-25(31)34-3)18-9-11-23-22(13-18)28-29-30(23)2/h4-13,20,27H,14-15H2,1-3H3. The molecule has 0 fully saturated rings. The summed E-state index contributed by atoms with van der Waals surface area (Å²) < 4.78 is 35.0. The minimum Gasteiger partial charge on any atom is -0.469 e. The molecule has 0 aliphatic carbocycles. The Kier molecular flexibility index (Phi) is 7.20. The Bertz CT molecular complexity index is 1500. The molecule has 35 heavy (non-hydrogen) atoms. The van der Waals surface area contributed by atoms with Gasteiger partial charge in [-0.3, -0.25) is 4.79 Å². The van der Waals surface area contributed by atoms with Crippen LogP contribution >= 0.6 is 11.6 Å². The van der Waals surface area contributed by atoms with E-state index in [1.54, 1.807) is 41.9 Å². The molecule has 8 nitrogen and oxygen atoms in total. The number of benzene rings is 3. The van der Waals surface area contributed by atoms with Gasteiger partial charge in [-0.15, -0.1) is 5.10 Å². The van der Waals surface area contributed by atoms with E-state index in [9.17, 15) is 13.2 Å². The van der Waals surface area contributed by atoms with E-state index < -0.39 is 10.0 Å². The summed E-state index contributed by atoms with van der Waals surface area (Å²) in [4.78, 5) is 12.5. The number of hydrogen-bond donors (Lipinski definition) is 1. The van der Waals surface area contributed by atoms with Crippen molar-refractivity contribution in [1.82, 2.24) is 19.7 Å². The Labute approximate surface area is 208 Å². The fraction of sp³-hybridized carbons (Fsp3) is 0.240. The number of halogens is 1. The molecule has 4 rings (SSSR count). The molecule has 1 N–H and O–H groups in total. The SMILES string of the molecule is COC(=O)CC(c1ccc(Cl)c(CNS(=O)(=O)c2ccccc2C)c1)c1ccc2c(c1)nnn2C. The lowest BCUT2D eigenvalue weighted by atomic mass is 9.87. The second kappa shape index (κ2) is 10.2. The number of sulfonamides is 1. The second-order valence-corrected chi connectivity index (χ2v) is 10.4. The molecule has 0 aliphatic heterocycles. The molecular weight excluding hydrogens is 488 g/mol. The van der Waals surface area contributed by atoms with Crippen LogP contribution in [0.25, 0.3) is 11.0 Å². The first kappa shape index (κ1) is 24.8. The molecule has 1 unspecified atom stereocenters. The summed E-state index contributed by atoms with van der Waals surface area (Å²) in [5.74, 6) is -0.719. The van der Waals surface area contributed by atoms with Crippen LogP contribution in [0.5, 0.6) is 0 Å². The van der Waals surface area contributed by atoms with Gasteiger partial charge >= 0.3 is 5.97 Å². The number of carbonyl (C=O) groups excluding carboxylic acids is 1. The summed E-state index contributed by atoms with van der Waals surface area (Å²) in [6.07, 6.45) is 0.0955. The largest absolute Gasteiger partial charge is 0.469 e. The number of aromatic nitrogens is 3. The quantitative estimate of drug-likeness (QED) is 0.356. The van der Waals surface area contributed by atoms with Crippen molar-refractivity contribution in [2.24, 2.45) is 7.05 Å². The van der Waals surface area contributed by atoms with E-state index in [-0.39, 0.29) is 29.7 Å². The normalized spacial score (nSPS) is 12.6. The van der Waals surface area contributed by atoms with Crippen molar-refractivity contribution in [1.29, 1.82) is 0 Å². The van der Waals surface area contributed by atoms with Crippen LogP contribution in [0.2, 0.25) is 5.02 Å². The van der Waals surface area contributed by atoms with Crippen LogP contribution in [-0.4, -0.2) is 36.5 Å². The zero-order valence-electron chi connectivity index (χ0n) is 19.5. The van der Waals surface area contributed by atoms with Gasteiger partial charge < -0.3 is 4.74 Å². The maximum Gasteiger partial charge on any atom is 0.306 e. The Balaban J connectivity index is 1.67. The molecule has 3 aromatic carbocycles.